The zero-order valence-electron chi connectivity index (χ0n) is 12.5. The highest BCUT2D eigenvalue weighted by molar-refractivity contribution is 5.75. The molecule has 0 aliphatic rings. The van der Waals surface area contributed by atoms with Crippen LogP contribution in [0.3, 0.4) is 0 Å². The Morgan fingerprint density at radius 3 is 2.05 bits per heavy atom. The molecule has 0 saturated carbocycles. The highest BCUT2D eigenvalue weighted by atomic mass is 16.3. The van der Waals surface area contributed by atoms with Crippen molar-refractivity contribution in [1.82, 2.24) is 5.32 Å². The molecule has 0 atom stereocenters. The number of carbonyl (C=O) groups is 1. The number of nitrogens with one attached hydrogen (secondary N) is 1. The molecule has 4 nitrogen and oxygen atoms in total. The molecule has 0 aromatic carbocycles. The average molecular weight is 270 g/mol. The maximum absolute atomic E-state index is 11.4. The highest BCUT2D eigenvalue weighted by Gasteiger charge is 2.00. The molecule has 0 saturated heterocycles. The van der Waals surface area contributed by atoms with E-state index in [0.717, 1.165) is 12.8 Å². The number of nitrogens with zero attached hydrogens (tertiary/aromatic N) is 1. The van der Waals surface area contributed by atoms with Crippen molar-refractivity contribution < 1.29 is 4.79 Å². The van der Waals surface area contributed by atoms with E-state index >= 15 is 0 Å². The molecule has 1 N–H and O–H groups in total. The lowest BCUT2D eigenvalue weighted by atomic mass is 10.1. The molecule has 0 aromatic rings. The van der Waals surface area contributed by atoms with Crippen LogP contribution in [-0.2, 0) is 4.79 Å². The third-order valence-corrected chi connectivity index (χ3v) is 3.26. The summed E-state index contributed by atoms with van der Waals surface area (Å²) in [5.41, 5.74) is 0. The fraction of sp³-hybridized carbons (Fsp3) is 0.933. The molecule has 0 bridgehead atoms. The van der Waals surface area contributed by atoms with Crippen LogP contribution in [-0.4, -0.2) is 19.0 Å². The van der Waals surface area contributed by atoms with E-state index in [2.05, 4.69) is 17.4 Å². The molecule has 0 aromatic heterocycles. The van der Waals surface area contributed by atoms with Crippen molar-refractivity contribution >= 4 is 5.91 Å². The first-order chi connectivity index (χ1) is 9.31. The first-order valence-electron chi connectivity index (χ1n) is 7.87. The fourth-order valence-corrected chi connectivity index (χ4v) is 2.06. The van der Waals surface area contributed by atoms with Crippen LogP contribution >= 0.6 is 0 Å². The first kappa shape index (κ1) is 18.1. The molecule has 0 rings (SSSR count). The maximum atomic E-state index is 11.4. The van der Waals surface area contributed by atoms with E-state index in [1.165, 1.54) is 44.9 Å². The summed E-state index contributed by atoms with van der Waals surface area (Å²) in [6.07, 6.45) is 12.7. The number of nitroso groups, excluding NO2 is 1. The van der Waals surface area contributed by atoms with Crippen LogP contribution in [0.25, 0.3) is 0 Å². The van der Waals surface area contributed by atoms with Crippen molar-refractivity contribution in [3.8, 4) is 0 Å². The van der Waals surface area contributed by atoms with Gasteiger partial charge in [0, 0.05) is 13.0 Å². The second-order valence-electron chi connectivity index (χ2n) is 5.13. The summed E-state index contributed by atoms with van der Waals surface area (Å²) in [5, 5.41) is 5.56. The number of amides is 1. The number of hydrogen-bond acceptors (Lipinski definition) is 3. The smallest absolute Gasteiger partial charge is 0.219 e. The fourth-order valence-electron chi connectivity index (χ4n) is 2.06. The zero-order chi connectivity index (χ0) is 14.2. The van der Waals surface area contributed by atoms with Crippen molar-refractivity contribution in [1.29, 1.82) is 0 Å². The second-order valence-corrected chi connectivity index (χ2v) is 5.13. The maximum Gasteiger partial charge on any atom is 0.219 e. The highest BCUT2D eigenvalue weighted by Crippen LogP contribution is 2.10. The Labute approximate surface area is 117 Å². The van der Waals surface area contributed by atoms with Crippen molar-refractivity contribution in [3.05, 3.63) is 4.91 Å². The molecule has 4 heteroatoms. The molecular weight excluding hydrogens is 240 g/mol. The normalized spacial score (nSPS) is 10.4. The van der Waals surface area contributed by atoms with E-state index in [1.807, 2.05) is 0 Å². The lowest BCUT2D eigenvalue weighted by molar-refractivity contribution is -0.121. The van der Waals surface area contributed by atoms with Gasteiger partial charge in [-0.15, -0.1) is 0 Å². The quantitative estimate of drug-likeness (QED) is 0.380. The molecule has 1 amide bonds. The standard InChI is InChI=1S/C15H30N2O2/c1-2-3-4-5-6-7-8-9-10-12-15(18)16-13-11-14-17-19/h2-14H2,1H3,(H,16,18). The molecule has 0 aliphatic heterocycles. The van der Waals surface area contributed by atoms with Crippen LogP contribution in [0.2, 0.25) is 0 Å². The van der Waals surface area contributed by atoms with Crippen LogP contribution in [0.4, 0.5) is 0 Å². The lowest BCUT2D eigenvalue weighted by Gasteiger charge is -2.04. The summed E-state index contributed by atoms with van der Waals surface area (Å²) in [7, 11) is 0. The zero-order valence-corrected chi connectivity index (χ0v) is 12.5. The number of rotatable bonds is 14. The van der Waals surface area contributed by atoms with E-state index in [-0.39, 0.29) is 12.5 Å². The predicted octanol–water partition coefficient (Wildman–Crippen LogP) is 4.18. The molecule has 0 spiro atoms. The van der Waals surface area contributed by atoms with Crippen LogP contribution in [0.15, 0.2) is 5.18 Å². The predicted molar refractivity (Wildman–Crippen MR) is 80.1 cm³/mol. The number of unbranched alkanes of at least 4 members (excludes halogenated alkanes) is 8. The molecule has 112 valence electrons. The average Bonchev–Trinajstić information content (AvgIpc) is 2.42. The van der Waals surface area contributed by atoms with Gasteiger partial charge in [0.25, 0.3) is 0 Å². The van der Waals surface area contributed by atoms with Crippen molar-refractivity contribution in [2.75, 3.05) is 13.1 Å². The van der Waals surface area contributed by atoms with Crippen LogP contribution in [0.5, 0.6) is 0 Å². The summed E-state index contributed by atoms with van der Waals surface area (Å²) in [4.78, 5) is 21.2. The van der Waals surface area contributed by atoms with Gasteiger partial charge < -0.3 is 5.32 Å². The Morgan fingerprint density at radius 1 is 0.895 bits per heavy atom. The van der Waals surface area contributed by atoms with Gasteiger partial charge in [0.15, 0.2) is 0 Å². The third kappa shape index (κ3) is 15.0. The molecule has 0 unspecified atom stereocenters. The summed E-state index contributed by atoms with van der Waals surface area (Å²) in [6.45, 7) is 3.10. The minimum atomic E-state index is 0.105. The molecule has 0 heterocycles. The topological polar surface area (TPSA) is 58.5 Å². The Kier molecular flexibility index (Phi) is 14.4. The Balaban J connectivity index is 3.12. The summed E-state index contributed by atoms with van der Waals surface area (Å²) < 4.78 is 0. The summed E-state index contributed by atoms with van der Waals surface area (Å²) in [6, 6.07) is 0. The van der Waals surface area contributed by atoms with Crippen molar-refractivity contribution in [3.63, 3.8) is 0 Å². The SMILES string of the molecule is CCCCCCCCCCCC(=O)NCCCN=O. The van der Waals surface area contributed by atoms with Gasteiger partial charge in [-0.1, -0.05) is 63.5 Å². The Bertz CT molecular complexity index is 220. The Hall–Kier alpha value is -0.930. The van der Waals surface area contributed by atoms with Gasteiger partial charge in [-0.2, -0.15) is 4.91 Å². The first-order valence-corrected chi connectivity index (χ1v) is 7.87. The van der Waals surface area contributed by atoms with E-state index in [9.17, 15) is 9.70 Å². The van der Waals surface area contributed by atoms with Gasteiger partial charge >= 0.3 is 0 Å². The monoisotopic (exact) mass is 270 g/mol. The minimum Gasteiger partial charge on any atom is -0.356 e. The van der Waals surface area contributed by atoms with E-state index in [1.54, 1.807) is 0 Å². The van der Waals surface area contributed by atoms with Gasteiger partial charge in [0.05, 0.1) is 6.54 Å². The van der Waals surface area contributed by atoms with Gasteiger partial charge in [-0.05, 0) is 12.8 Å². The summed E-state index contributed by atoms with van der Waals surface area (Å²) >= 11 is 0. The second kappa shape index (κ2) is 15.1. The Morgan fingerprint density at radius 2 is 1.47 bits per heavy atom. The van der Waals surface area contributed by atoms with Crippen molar-refractivity contribution in [2.24, 2.45) is 5.18 Å². The lowest BCUT2D eigenvalue weighted by Crippen LogP contribution is -2.24. The molecular formula is C15H30N2O2. The molecule has 0 aliphatic carbocycles. The van der Waals surface area contributed by atoms with E-state index < -0.39 is 0 Å². The van der Waals surface area contributed by atoms with Crippen LogP contribution < -0.4 is 5.32 Å². The van der Waals surface area contributed by atoms with Crippen molar-refractivity contribution in [2.45, 2.75) is 77.6 Å². The van der Waals surface area contributed by atoms with E-state index in [4.69, 9.17) is 0 Å². The van der Waals surface area contributed by atoms with Crippen LogP contribution in [0.1, 0.15) is 77.6 Å². The van der Waals surface area contributed by atoms with E-state index in [0.29, 0.717) is 19.4 Å². The van der Waals surface area contributed by atoms with Crippen LogP contribution in [0, 0.1) is 4.91 Å². The van der Waals surface area contributed by atoms with Gasteiger partial charge in [-0.25, -0.2) is 0 Å². The number of carbonyl (C=O) groups excluding carboxylic acids is 1. The van der Waals surface area contributed by atoms with Gasteiger partial charge in [-0.3, -0.25) is 4.79 Å². The third-order valence-electron chi connectivity index (χ3n) is 3.26. The minimum absolute atomic E-state index is 0.105. The largest absolute Gasteiger partial charge is 0.356 e. The van der Waals surface area contributed by atoms with Gasteiger partial charge in [0.2, 0.25) is 5.91 Å². The van der Waals surface area contributed by atoms with Gasteiger partial charge in [0.1, 0.15) is 0 Å². The molecule has 0 radical (unpaired) electrons. The summed E-state index contributed by atoms with van der Waals surface area (Å²) in [5.74, 6) is 0.105. The molecule has 19 heavy (non-hydrogen) atoms. The molecule has 0 fully saturated rings. The number of hydrogen-bond donors (Lipinski definition) is 1.